The molecule has 1 amide bonds. The lowest BCUT2D eigenvalue weighted by Crippen LogP contribution is -2.40. The molecule has 3 aromatic carbocycles. The lowest BCUT2D eigenvalue weighted by atomic mass is 9.98. The second kappa shape index (κ2) is 10.1. The van der Waals surface area contributed by atoms with Crippen LogP contribution in [0.5, 0.6) is 0 Å². The number of hydrogen-bond donors (Lipinski definition) is 2. The van der Waals surface area contributed by atoms with Gasteiger partial charge in [-0.3, -0.25) is 4.79 Å². The molecule has 2 N–H and O–H groups in total. The molecule has 0 unspecified atom stereocenters. The van der Waals surface area contributed by atoms with Gasteiger partial charge in [-0.25, -0.2) is 13.1 Å². The number of amides is 1. The zero-order valence-electron chi connectivity index (χ0n) is 18.7. The van der Waals surface area contributed by atoms with Crippen molar-refractivity contribution in [2.75, 3.05) is 0 Å². The van der Waals surface area contributed by atoms with Gasteiger partial charge in [0.1, 0.15) is 0 Å². The monoisotopic (exact) mass is 450 g/mol. The van der Waals surface area contributed by atoms with E-state index in [1.165, 1.54) is 0 Å². The standard InChI is InChI=1S/C26H30N2O3S/c1-26(2,3)28-32(30,31)23-17-14-20(15-18-23)16-19-24(29)27-25(21-10-6-4-7-11-21)22-12-8-5-9-13-22/h4-15,17-18,25,28H,16,19H2,1-3H3,(H,27,29). The molecule has 168 valence electrons. The summed E-state index contributed by atoms with van der Waals surface area (Å²) in [4.78, 5) is 13.0. The quantitative estimate of drug-likeness (QED) is 0.527. The van der Waals surface area contributed by atoms with E-state index in [1.807, 2.05) is 60.7 Å². The van der Waals surface area contributed by atoms with Crippen LogP contribution in [0.1, 0.15) is 49.9 Å². The van der Waals surface area contributed by atoms with Crippen LogP contribution in [0.25, 0.3) is 0 Å². The topological polar surface area (TPSA) is 75.3 Å². The molecule has 5 nitrogen and oxygen atoms in total. The van der Waals surface area contributed by atoms with Crippen molar-refractivity contribution in [2.24, 2.45) is 0 Å². The second-order valence-corrected chi connectivity index (χ2v) is 10.5. The van der Waals surface area contributed by atoms with Crippen LogP contribution >= 0.6 is 0 Å². The van der Waals surface area contributed by atoms with Crippen molar-refractivity contribution in [2.45, 2.75) is 50.1 Å². The van der Waals surface area contributed by atoms with E-state index in [0.29, 0.717) is 12.8 Å². The molecule has 6 heteroatoms. The van der Waals surface area contributed by atoms with Crippen molar-refractivity contribution in [1.29, 1.82) is 0 Å². The fraction of sp³-hybridized carbons (Fsp3) is 0.269. The molecule has 0 spiro atoms. The number of hydrogen-bond acceptors (Lipinski definition) is 3. The fourth-order valence-electron chi connectivity index (χ4n) is 3.44. The Hall–Kier alpha value is -2.96. The summed E-state index contributed by atoms with van der Waals surface area (Å²) >= 11 is 0. The van der Waals surface area contributed by atoms with E-state index in [4.69, 9.17) is 0 Å². The summed E-state index contributed by atoms with van der Waals surface area (Å²) in [6.45, 7) is 5.40. The smallest absolute Gasteiger partial charge is 0.241 e. The van der Waals surface area contributed by atoms with Gasteiger partial charge < -0.3 is 5.32 Å². The molecule has 0 saturated carbocycles. The highest BCUT2D eigenvalue weighted by atomic mass is 32.2. The van der Waals surface area contributed by atoms with Crippen LogP contribution in [-0.2, 0) is 21.2 Å². The van der Waals surface area contributed by atoms with Crippen LogP contribution in [0.15, 0.2) is 89.8 Å². The Kier molecular flexibility index (Phi) is 7.48. The third-order valence-corrected chi connectivity index (χ3v) is 6.66. The largest absolute Gasteiger partial charge is 0.345 e. The summed E-state index contributed by atoms with van der Waals surface area (Å²) < 4.78 is 27.5. The van der Waals surface area contributed by atoms with Gasteiger partial charge in [0.25, 0.3) is 0 Å². The third-order valence-electron chi connectivity index (χ3n) is 4.89. The predicted octanol–water partition coefficient (Wildman–Crippen LogP) is 4.60. The lowest BCUT2D eigenvalue weighted by Gasteiger charge is -2.20. The van der Waals surface area contributed by atoms with E-state index < -0.39 is 15.6 Å². The van der Waals surface area contributed by atoms with Crippen molar-refractivity contribution >= 4 is 15.9 Å². The molecule has 0 heterocycles. The summed E-state index contributed by atoms with van der Waals surface area (Å²) in [5, 5.41) is 3.14. The maximum atomic E-state index is 12.7. The minimum atomic E-state index is -3.57. The number of nitrogens with one attached hydrogen (secondary N) is 2. The third kappa shape index (κ3) is 6.77. The van der Waals surface area contributed by atoms with Gasteiger partial charge in [-0.15, -0.1) is 0 Å². The first-order valence-corrected chi connectivity index (χ1v) is 12.1. The summed E-state index contributed by atoms with van der Waals surface area (Å²) in [5.41, 5.74) is 2.40. The van der Waals surface area contributed by atoms with Gasteiger partial charge >= 0.3 is 0 Å². The zero-order chi connectivity index (χ0) is 23.2. The summed E-state index contributed by atoms with van der Waals surface area (Å²) in [6, 6.07) is 26.2. The molecule has 0 radical (unpaired) electrons. The summed E-state index contributed by atoms with van der Waals surface area (Å²) in [6.07, 6.45) is 0.831. The van der Waals surface area contributed by atoms with Gasteiger partial charge in [0.15, 0.2) is 0 Å². The number of carbonyl (C=O) groups is 1. The van der Waals surface area contributed by atoms with Crippen molar-refractivity contribution in [3.63, 3.8) is 0 Å². The molecule has 3 rings (SSSR count). The minimum absolute atomic E-state index is 0.0613. The molecule has 32 heavy (non-hydrogen) atoms. The van der Waals surface area contributed by atoms with Crippen LogP contribution in [0.4, 0.5) is 0 Å². The molecule has 0 saturated heterocycles. The number of carbonyl (C=O) groups excluding carboxylic acids is 1. The van der Waals surface area contributed by atoms with E-state index in [-0.39, 0.29) is 16.8 Å². The molecular weight excluding hydrogens is 420 g/mol. The summed E-state index contributed by atoms with van der Waals surface area (Å²) in [7, 11) is -3.57. The minimum Gasteiger partial charge on any atom is -0.345 e. The fourth-order valence-corrected chi connectivity index (χ4v) is 4.86. The van der Waals surface area contributed by atoms with Crippen LogP contribution in [0, 0.1) is 0 Å². The van der Waals surface area contributed by atoms with Crippen LogP contribution in [0.2, 0.25) is 0 Å². The highest BCUT2D eigenvalue weighted by Gasteiger charge is 2.22. The molecule has 3 aromatic rings. The normalized spacial score (nSPS) is 12.0. The molecule has 0 aromatic heterocycles. The number of sulfonamides is 1. The zero-order valence-corrected chi connectivity index (χ0v) is 19.5. The highest BCUT2D eigenvalue weighted by molar-refractivity contribution is 7.89. The number of benzene rings is 3. The van der Waals surface area contributed by atoms with E-state index in [9.17, 15) is 13.2 Å². The molecule has 0 aliphatic carbocycles. The van der Waals surface area contributed by atoms with Crippen LogP contribution < -0.4 is 10.0 Å². The molecule has 0 bridgehead atoms. The Morgan fingerprint density at radius 2 is 1.31 bits per heavy atom. The van der Waals surface area contributed by atoms with Gasteiger partial charge in [-0.2, -0.15) is 0 Å². The first-order valence-electron chi connectivity index (χ1n) is 10.7. The molecule has 0 aliphatic rings. The first-order chi connectivity index (χ1) is 15.1. The van der Waals surface area contributed by atoms with E-state index in [1.54, 1.807) is 45.0 Å². The molecule has 0 aliphatic heterocycles. The van der Waals surface area contributed by atoms with Crippen LogP contribution in [0.3, 0.4) is 0 Å². The Bertz CT molecular complexity index is 1080. The Labute approximate surface area is 190 Å². The van der Waals surface area contributed by atoms with Crippen molar-refractivity contribution in [3.05, 3.63) is 102 Å². The van der Waals surface area contributed by atoms with Crippen molar-refractivity contribution < 1.29 is 13.2 Å². The van der Waals surface area contributed by atoms with Gasteiger partial charge in [0.2, 0.25) is 15.9 Å². The van der Waals surface area contributed by atoms with Gasteiger partial charge in [0.05, 0.1) is 10.9 Å². The number of aryl methyl sites for hydroxylation is 1. The average molecular weight is 451 g/mol. The van der Waals surface area contributed by atoms with Gasteiger partial charge in [-0.05, 0) is 56.0 Å². The Balaban J connectivity index is 1.65. The van der Waals surface area contributed by atoms with E-state index in [2.05, 4.69) is 10.0 Å². The van der Waals surface area contributed by atoms with Gasteiger partial charge in [0, 0.05) is 12.0 Å². The molecule has 0 fully saturated rings. The Morgan fingerprint density at radius 1 is 0.812 bits per heavy atom. The lowest BCUT2D eigenvalue weighted by molar-refractivity contribution is -0.121. The maximum absolute atomic E-state index is 12.7. The number of rotatable bonds is 8. The first kappa shape index (κ1) is 23.7. The Morgan fingerprint density at radius 3 is 1.78 bits per heavy atom. The van der Waals surface area contributed by atoms with Crippen molar-refractivity contribution in [1.82, 2.24) is 10.0 Å². The summed E-state index contributed by atoms with van der Waals surface area (Å²) in [5.74, 6) is -0.0613. The second-order valence-electron chi connectivity index (χ2n) is 8.82. The maximum Gasteiger partial charge on any atom is 0.241 e. The molecular formula is C26H30N2O3S. The van der Waals surface area contributed by atoms with Gasteiger partial charge in [-0.1, -0.05) is 72.8 Å². The predicted molar refractivity (Wildman–Crippen MR) is 128 cm³/mol. The van der Waals surface area contributed by atoms with Crippen LogP contribution in [-0.4, -0.2) is 19.9 Å². The molecule has 0 atom stereocenters. The van der Waals surface area contributed by atoms with E-state index >= 15 is 0 Å². The SMILES string of the molecule is CC(C)(C)NS(=O)(=O)c1ccc(CCC(=O)NC(c2ccccc2)c2ccccc2)cc1. The highest BCUT2D eigenvalue weighted by Crippen LogP contribution is 2.22. The average Bonchev–Trinajstić information content (AvgIpc) is 2.76. The van der Waals surface area contributed by atoms with E-state index in [0.717, 1.165) is 16.7 Å². The van der Waals surface area contributed by atoms with Crippen molar-refractivity contribution in [3.8, 4) is 0 Å².